The molecule has 0 aliphatic heterocycles. The summed E-state index contributed by atoms with van der Waals surface area (Å²) in [5, 5.41) is 9.23. The van der Waals surface area contributed by atoms with Crippen LogP contribution in [0.3, 0.4) is 0 Å². The van der Waals surface area contributed by atoms with Gasteiger partial charge in [0.25, 0.3) is 0 Å². The number of hydrogen-bond acceptors (Lipinski definition) is 1. The SMILES string of the molecule is CCCC(O)CCCCCl. The van der Waals surface area contributed by atoms with Crippen molar-refractivity contribution < 1.29 is 5.11 Å². The average Bonchev–Trinajstić information content (AvgIpc) is 1.89. The molecule has 0 bridgehead atoms. The minimum absolute atomic E-state index is 0.0896. The standard InChI is InChI=1S/C8H17ClO/c1-2-5-8(10)6-3-4-7-9/h8,10H,2-7H2,1H3. The van der Waals surface area contributed by atoms with Gasteiger partial charge in [0.2, 0.25) is 0 Å². The highest BCUT2D eigenvalue weighted by Crippen LogP contribution is 2.06. The second kappa shape index (κ2) is 7.36. The molecular weight excluding hydrogens is 148 g/mol. The van der Waals surface area contributed by atoms with Crippen molar-refractivity contribution in [3.05, 3.63) is 0 Å². The Balaban J connectivity index is 2.97. The van der Waals surface area contributed by atoms with E-state index in [4.69, 9.17) is 11.6 Å². The van der Waals surface area contributed by atoms with E-state index in [0.29, 0.717) is 0 Å². The summed E-state index contributed by atoms with van der Waals surface area (Å²) in [6.07, 6.45) is 4.92. The zero-order valence-electron chi connectivity index (χ0n) is 6.65. The van der Waals surface area contributed by atoms with Gasteiger partial charge in [0, 0.05) is 5.88 Å². The first-order chi connectivity index (χ1) is 4.81. The van der Waals surface area contributed by atoms with Gasteiger partial charge in [-0.15, -0.1) is 11.6 Å². The molecule has 0 saturated heterocycles. The van der Waals surface area contributed by atoms with Gasteiger partial charge in [-0.05, 0) is 25.7 Å². The van der Waals surface area contributed by atoms with Crippen LogP contribution in [0.4, 0.5) is 0 Å². The van der Waals surface area contributed by atoms with Crippen molar-refractivity contribution in [1.29, 1.82) is 0 Å². The van der Waals surface area contributed by atoms with Gasteiger partial charge in [0.1, 0.15) is 0 Å². The van der Waals surface area contributed by atoms with Gasteiger partial charge in [-0.3, -0.25) is 0 Å². The van der Waals surface area contributed by atoms with Gasteiger partial charge in [-0.2, -0.15) is 0 Å². The molecule has 1 N–H and O–H groups in total. The molecular formula is C8H17ClO. The second-order valence-corrected chi connectivity index (χ2v) is 3.01. The summed E-state index contributed by atoms with van der Waals surface area (Å²) in [4.78, 5) is 0. The summed E-state index contributed by atoms with van der Waals surface area (Å²) in [6.45, 7) is 2.09. The zero-order valence-corrected chi connectivity index (χ0v) is 7.40. The third-order valence-corrected chi connectivity index (χ3v) is 1.81. The van der Waals surface area contributed by atoms with Crippen molar-refractivity contribution in [1.82, 2.24) is 0 Å². The van der Waals surface area contributed by atoms with Crippen molar-refractivity contribution in [3.63, 3.8) is 0 Å². The Hall–Kier alpha value is 0.250. The van der Waals surface area contributed by atoms with E-state index in [1.165, 1.54) is 0 Å². The lowest BCUT2D eigenvalue weighted by Gasteiger charge is -2.06. The summed E-state index contributed by atoms with van der Waals surface area (Å²) in [5.74, 6) is 0.721. The highest BCUT2D eigenvalue weighted by molar-refractivity contribution is 6.17. The van der Waals surface area contributed by atoms with E-state index < -0.39 is 0 Å². The molecule has 10 heavy (non-hydrogen) atoms. The number of alkyl halides is 1. The Kier molecular flexibility index (Phi) is 7.54. The summed E-state index contributed by atoms with van der Waals surface area (Å²) in [5.41, 5.74) is 0. The summed E-state index contributed by atoms with van der Waals surface area (Å²) in [6, 6.07) is 0. The predicted octanol–water partition coefficient (Wildman–Crippen LogP) is 2.56. The van der Waals surface area contributed by atoms with Crippen molar-refractivity contribution in [2.75, 3.05) is 5.88 Å². The molecule has 0 aliphatic rings. The van der Waals surface area contributed by atoms with Gasteiger partial charge in [-0.1, -0.05) is 13.3 Å². The van der Waals surface area contributed by atoms with Crippen LogP contribution in [-0.4, -0.2) is 17.1 Å². The largest absolute Gasteiger partial charge is 0.393 e. The molecule has 0 aliphatic carbocycles. The molecule has 2 heteroatoms. The Labute approximate surface area is 68.4 Å². The molecule has 0 aromatic heterocycles. The maximum Gasteiger partial charge on any atom is 0.0540 e. The fourth-order valence-corrected chi connectivity index (χ4v) is 1.14. The maximum absolute atomic E-state index is 9.23. The first-order valence-corrected chi connectivity index (χ1v) is 4.58. The molecule has 0 spiro atoms. The van der Waals surface area contributed by atoms with Gasteiger partial charge >= 0.3 is 0 Å². The number of unbranched alkanes of at least 4 members (excludes halogenated alkanes) is 1. The topological polar surface area (TPSA) is 20.2 Å². The van der Waals surface area contributed by atoms with Crippen LogP contribution < -0.4 is 0 Å². The molecule has 0 aromatic carbocycles. The fraction of sp³-hybridized carbons (Fsp3) is 1.00. The zero-order chi connectivity index (χ0) is 7.82. The second-order valence-electron chi connectivity index (χ2n) is 2.63. The van der Waals surface area contributed by atoms with Crippen LogP contribution in [0.2, 0.25) is 0 Å². The van der Waals surface area contributed by atoms with Crippen LogP contribution in [0.5, 0.6) is 0 Å². The Bertz CT molecular complexity index is 66.3. The van der Waals surface area contributed by atoms with E-state index in [9.17, 15) is 5.11 Å². The molecule has 1 unspecified atom stereocenters. The van der Waals surface area contributed by atoms with Crippen LogP contribution >= 0.6 is 11.6 Å². The van der Waals surface area contributed by atoms with E-state index in [1.54, 1.807) is 0 Å². The van der Waals surface area contributed by atoms with Crippen molar-refractivity contribution >= 4 is 11.6 Å². The molecule has 0 rings (SSSR count). The number of halogens is 1. The lowest BCUT2D eigenvalue weighted by molar-refractivity contribution is 0.151. The molecule has 1 nitrogen and oxygen atoms in total. The first kappa shape index (κ1) is 10.2. The van der Waals surface area contributed by atoms with Crippen molar-refractivity contribution in [3.8, 4) is 0 Å². The van der Waals surface area contributed by atoms with E-state index >= 15 is 0 Å². The molecule has 0 radical (unpaired) electrons. The van der Waals surface area contributed by atoms with Crippen molar-refractivity contribution in [2.24, 2.45) is 0 Å². The van der Waals surface area contributed by atoms with Crippen LogP contribution in [-0.2, 0) is 0 Å². The normalized spacial score (nSPS) is 13.5. The third-order valence-electron chi connectivity index (χ3n) is 1.54. The minimum Gasteiger partial charge on any atom is -0.393 e. The maximum atomic E-state index is 9.23. The predicted molar refractivity (Wildman–Crippen MR) is 45.5 cm³/mol. The van der Waals surface area contributed by atoms with Gasteiger partial charge in [-0.25, -0.2) is 0 Å². The lowest BCUT2D eigenvalue weighted by atomic mass is 10.1. The molecule has 0 heterocycles. The van der Waals surface area contributed by atoms with Crippen molar-refractivity contribution in [2.45, 2.75) is 45.1 Å². The quantitative estimate of drug-likeness (QED) is 0.473. The summed E-state index contributed by atoms with van der Waals surface area (Å²) < 4.78 is 0. The molecule has 0 fully saturated rings. The fourth-order valence-electron chi connectivity index (χ4n) is 0.952. The Morgan fingerprint density at radius 2 is 2.00 bits per heavy atom. The van der Waals surface area contributed by atoms with E-state index in [2.05, 4.69) is 6.92 Å². The van der Waals surface area contributed by atoms with Gasteiger partial charge in [0.15, 0.2) is 0 Å². The molecule has 0 saturated carbocycles. The third kappa shape index (κ3) is 6.37. The van der Waals surface area contributed by atoms with Crippen LogP contribution in [0.15, 0.2) is 0 Å². The van der Waals surface area contributed by atoms with Crippen LogP contribution in [0, 0.1) is 0 Å². The average molecular weight is 165 g/mol. The summed E-state index contributed by atoms with van der Waals surface area (Å²) in [7, 11) is 0. The molecule has 0 aromatic rings. The molecule has 62 valence electrons. The highest BCUT2D eigenvalue weighted by atomic mass is 35.5. The van der Waals surface area contributed by atoms with E-state index in [-0.39, 0.29) is 6.10 Å². The molecule has 1 atom stereocenters. The number of aliphatic hydroxyl groups excluding tert-OH is 1. The van der Waals surface area contributed by atoms with Crippen LogP contribution in [0.1, 0.15) is 39.0 Å². The number of aliphatic hydroxyl groups is 1. The van der Waals surface area contributed by atoms with E-state index in [1.807, 2.05) is 0 Å². The minimum atomic E-state index is -0.0896. The van der Waals surface area contributed by atoms with Crippen LogP contribution in [0.25, 0.3) is 0 Å². The smallest absolute Gasteiger partial charge is 0.0540 e. The van der Waals surface area contributed by atoms with E-state index in [0.717, 1.165) is 38.0 Å². The Morgan fingerprint density at radius 1 is 1.30 bits per heavy atom. The molecule has 0 amide bonds. The van der Waals surface area contributed by atoms with Gasteiger partial charge in [0.05, 0.1) is 6.10 Å². The first-order valence-electron chi connectivity index (χ1n) is 4.05. The highest BCUT2D eigenvalue weighted by Gasteiger charge is 2.00. The Morgan fingerprint density at radius 3 is 2.50 bits per heavy atom. The number of rotatable bonds is 6. The lowest BCUT2D eigenvalue weighted by Crippen LogP contribution is -2.04. The monoisotopic (exact) mass is 164 g/mol. The summed E-state index contributed by atoms with van der Waals surface area (Å²) >= 11 is 5.48. The van der Waals surface area contributed by atoms with Gasteiger partial charge < -0.3 is 5.11 Å². The number of hydrogen-bond donors (Lipinski definition) is 1.